The molecule has 1 aromatic heterocycles. The van der Waals surface area contributed by atoms with Crippen LogP contribution in [0, 0.1) is 0 Å². The number of unbranched alkanes of at least 4 members (excludes halogenated alkanes) is 2. The van der Waals surface area contributed by atoms with Crippen LogP contribution in [0.25, 0.3) is 0 Å². The van der Waals surface area contributed by atoms with Crippen molar-refractivity contribution in [2.45, 2.75) is 39.2 Å². The largest absolute Gasteiger partial charge is 0.380 e. The molecule has 0 spiro atoms. The lowest BCUT2D eigenvalue weighted by Gasteiger charge is -2.03. The highest BCUT2D eigenvalue weighted by Crippen LogP contribution is 2.18. The van der Waals surface area contributed by atoms with Crippen LogP contribution in [0.4, 0.5) is 5.13 Å². The number of carbonyl (C=O) groups is 1. The second-order valence-corrected chi connectivity index (χ2v) is 6.10. The van der Waals surface area contributed by atoms with Crippen molar-refractivity contribution in [3.05, 3.63) is 40.4 Å². The fourth-order valence-corrected chi connectivity index (χ4v) is 2.80. The van der Waals surface area contributed by atoms with E-state index >= 15 is 0 Å². The van der Waals surface area contributed by atoms with Gasteiger partial charge in [-0.15, -0.1) is 10.2 Å². The predicted molar refractivity (Wildman–Crippen MR) is 88.2 cm³/mol. The van der Waals surface area contributed by atoms with Crippen molar-refractivity contribution in [1.82, 2.24) is 10.2 Å². The number of benzene rings is 1. The van der Waals surface area contributed by atoms with Crippen LogP contribution < -0.4 is 5.32 Å². The fraction of sp³-hybridized carbons (Fsp3) is 0.438. The number of methoxy groups -OCH3 is 1. The van der Waals surface area contributed by atoms with Gasteiger partial charge in [0.05, 0.1) is 6.61 Å². The van der Waals surface area contributed by atoms with Crippen molar-refractivity contribution < 1.29 is 9.53 Å². The topological polar surface area (TPSA) is 64.1 Å². The molecule has 0 unspecified atom stereocenters. The number of amides is 1. The first-order valence-electron chi connectivity index (χ1n) is 7.44. The van der Waals surface area contributed by atoms with Gasteiger partial charge in [-0.25, -0.2) is 0 Å². The van der Waals surface area contributed by atoms with Crippen LogP contribution in [0.15, 0.2) is 24.3 Å². The minimum Gasteiger partial charge on any atom is -0.380 e. The Morgan fingerprint density at radius 3 is 2.68 bits per heavy atom. The molecule has 0 atom stereocenters. The van der Waals surface area contributed by atoms with Crippen molar-refractivity contribution >= 4 is 22.4 Å². The maximum atomic E-state index is 12.1. The molecule has 0 aliphatic heterocycles. The molecule has 1 amide bonds. The van der Waals surface area contributed by atoms with Crippen LogP contribution in [0.5, 0.6) is 0 Å². The molecule has 0 saturated heterocycles. The second kappa shape index (κ2) is 8.60. The summed E-state index contributed by atoms with van der Waals surface area (Å²) in [5, 5.41) is 12.5. The minimum absolute atomic E-state index is 0.166. The Bertz CT molecular complexity index is 596. The number of hydrogen-bond acceptors (Lipinski definition) is 5. The standard InChI is InChI=1S/C16H21N3O2S/c1-3-4-5-6-14-18-19-16(22-14)17-15(20)13-9-7-12(8-10-13)11-21-2/h7-10H,3-6,11H2,1-2H3,(H,17,19,20). The Hall–Kier alpha value is -1.79. The summed E-state index contributed by atoms with van der Waals surface area (Å²) in [6.45, 7) is 2.71. The van der Waals surface area contributed by atoms with E-state index in [-0.39, 0.29) is 5.91 Å². The molecular weight excluding hydrogens is 298 g/mol. The number of ether oxygens (including phenoxy) is 1. The lowest BCUT2D eigenvalue weighted by atomic mass is 10.1. The molecule has 2 rings (SSSR count). The van der Waals surface area contributed by atoms with E-state index < -0.39 is 0 Å². The first-order chi connectivity index (χ1) is 10.7. The molecule has 118 valence electrons. The van der Waals surface area contributed by atoms with Gasteiger partial charge in [-0.3, -0.25) is 10.1 Å². The Labute approximate surface area is 134 Å². The SMILES string of the molecule is CCCCCc1nnc(NC(=O)c2ccc(COC)cc2)s1. The Morgan fingerprint density at radius 1 is 1.23 bits per heavy atom. The number of anilines is 1. The summed E-state index contributed by atoms with van der Waals surface area (Å²) >= 11 is 1.44. The molecule has 6 heteroatoms. The van der Waals surface area contributed by atoms with Crippen molar-refractivity contribution in [1.29, 1.82) is 0 Å². The van der Waals surface area contributed by atoms with Gasteiger partial charge < -0.3 is 4.74 Å². The average molecular weight is 319 g/mol. The number of rotatable bonds is 8. The number of nitrogens with zero attached hydrogens (tertiary/aromatic N) is 2. The van der Waals surface area contributed by atoms with Crippen molar-refractivity contribution in [3.8, 4) is 0 Å². The van der Waals surface area contributed by atoms with Crippen LogP contribution in [0.1, 0.15) is 47.1 Å². The minimum atomic E-state index is -0.166. The number of hydrogen-bond donors (Lipinski definition) is 1. The molecular formula is C16H21N3O2S. The van der Waals surface area contributed by atoms with E-state index in [4.69, 9.17) is 4.74 Å². The van der Waals surface area contributed by atoms with E-state index in [2.05, 4.69) is 22.4 Å². The van der Waals surface area contributed by atoms with Gasteiger partial charge in [0.2, 0.25) is 5.13 Å². The average Bonchev–Trinajstić information content (AvgIpc) is 2.96. The van der Waals surface area contributed by atoms with Crippen LogP contribution in [-0.2, 0) is 17.8 Å². The molecule has 2 aromatic rings. The summed E-state index contributed by atoms with van der Waals surface area (Å²) in [6, 6.07) is 7.34. The van der Waals surface area contributed by atoms with Crippen molar-refractivity contribution in [2.75, 3.05) is 12.4 Å². The molecule has 0 aliphatic rings. The monoisotopic (exact) mass is 319 g/mol. The van der Waals surface area contributed by atoms with Gasteiger partial charge in [-0.1, -0.05) is 43.2 Å². The summed E-state index contributed by atoms with van der Waals surface area (Å²) in [7, 11) is 1.65. The molecule has 5 nitrogen and oxygen atoms in total. The molecule has 1 aromatic carbocycles. The van der Waals surface area contributed by atoms with Crippen LogP contribution >= 0.6 is 11.3 Å². The van der Waals surface area contributed by atoms with Gasteiger partial charge in [-0.05, 0) is 24.1 Å². The second-order valence-electron chi connectivity index (χ2n) is 5.04. The van der Waals surface area contributed by atoms with Gasteiger partial charge in [0.1, 0.15) is 5.01 Å². The van der Waals surface area contributed by atoms with Crippen LogP contribution in [-0.4, -0.2) is 23.2 Å². The van der Waals surface area contributed by atoms with E-state index in [1.54, 1.807) is 19.2 Å². The van der Waals surface area contributed by atoms with Gasteiger partial charge in [-0.2, -0.15) is 0 Å². The highest BCUT2D eigenvalue weighted by molar-refractivity contribution is 7.15. The summed E-state index contributed by atoms with van der Waals surface area (Å²) < 4.78 is 5.05. The molecule has 22 heavy (non-hydrogen) atoms. The zero-order valence-electron chi connectivity index (χ0n) is 13.0. The van der Waals surface area contributed by atoms with Crippen LogP contribution in [0.2, 0.25) is 0 Å². The number of nitrogens with one attached hydrogen (secondary N) is 1. The van der Waals surface area contributed by atoms with Gasteiger partial charge in [0.15, 0.2) is 0 Å². The van der Waals surface area contributed by atoms with E-state index in [9.17, 15) is 4.79 Å². The number of aromatic nitrogens is 2. The summed E-state index contributed by atoms with van der Waals surface area (Å²) in [5.41, 5.74) is 1.63. The molecule has 0 saturated carbocycles. The Balaban J connectivity index is 1.91. The summed E-state index contributed by atoms with van der Waals surface area (Å²) in [4.78, 5) is 12.1. The third kappa shape index (κ3) is 4.89. The fourth-order valence-electron chi connectivity index (χ4n) is 2.02. The predicted octanol–water partition coefficient (Wildman–Crippen LogP) is 3.67. The first kappa shape index (κ1) is 16.6. The van der Waals surface area contributed by atoms with E-state index in [1.165, 1.54) is 24.2 Å². The van der Waals surface area contributed by atoms with Gasteiger partial charge in [0.25, 0.3) is 5.91 Å². The lowest BCUT2D eigenvalue weighted by Crippen LogP contribution is -2.11. The Kier molecular flexibility index (Phi) is 6.48. The smallest absolute Gasteiger partial charge is 0.257 e. The maximum Gasteiger partial charge on any atom is 0.257 e. The zero-order valence-corrected chi connectivity index (χ0v) is 13.8. The lowest BCUT2D eigenvalue weighted by molar-refractivity contribution is 0.102. The number of carbonyl (C=O) groups excluding carboxylic acids is 1. The summed E-state index contributed by atoms with van der Waals surface area (Å²) in [6.07, 6.45) is 4.41. The third-order valence-electron chi connectivity index (χ3n) is 3.21. The molecule has 0 radical (unpaired) electrons. The molecule has 0 fully saturated rings. The van der Waals surface area contributed by atoms with Gasteiger partial charge >= 0.3 is 0 Å². The number of aryl methyl sites for hydroxylation is 1. The summed E-state index contributed by atoms with van der Waals surface area (Å²) in [5.74, 6) is -0.166. The highest BCUT2D eigenvalue weighted by Gasteiger charge is 2.10. The van der Waals surface area contributed by atoms with E-state index in [1.807, 2.05) is 12.1 Å². The normalized spacial score (nSPS) is 10.6. The third-order valence-corrected chi connectivity index (χ3v) is 4.11. The first-order valence-corrected chi connectivity index (χ1v) is 8.26. The quantitative estimate of drug-likeness (QED) is 0.754. The maximum absolute atomic E-state index is 12.1. The Morgan fingerprint density at radius 2 is 2.00 bits per heavy atom. The van der Waals surface area contributed by atoms with Gasteiger partial charge in [0, 0.05) is 19.1 Å². The van der Waals surface area contributed by atoms with E-state index in [0.29, 0.717) is 17.3 Å². The van der Waals surface area contributed by atoms with Crippen LogP contribution in [0.3, 0.4) is 0 Å². The molecule has 1 N–H and O–H groups in total. The molecule has 0 bridgehead atoms. The molecule has 1 heterocycles. The highest BCUT2D eigenvalue weighted by atomic mass is 32.1. The molecule has 0 aliphatic carbocycles. The zero-order chi connectivity index (χ0) is 15.8. The van der Waals surface area contributed by atoms with Crippen molar-refractivity contribution in [3.63, 3.8) is 0 Å². The van der Waals surface area contributed by atoms with Crippen molar-refractivity contribution in [2.24, 2.45) is 0 Å². The van der Waals surface area contributed by atoms with E-state index in [0.717, 1.165) is 23.4 Å².